The van der Waals surface area contributed by atoms with Crippen molar-refractivity contribution in [3.8, 4) is 11.5 Å². The van der Waals surface area contributed by atoms with Crippen molar-refractivity contribution in [3.63, 3.8) is 0 Å². The van der Waals surface area contributed by atoms with Crippen LogP contribution in [0.5, 0.6) is 11.5 Å². The number of nitrogens with one attached hydrogen (secondary N) is 1. The molecule has 0 radical (unpaired) electrons. The van der Waals surface area contributed by atoms with Gasteiger partial charge in [-0.1, -0.05) is 56.6 Å². The Morgan fingerprint density at radius 3 is 2.38 bits per heavy atom. The average Bonchev–Trinajstić information content (AvgIpc) is 2.60. The largest absolute Gasteiger partial charge is 0.492 e. The Labute approximate surface area is 160 Å². The maximum atomic E-state index is 12.1. The second-order valence-electron chi connectivity index (χ2n) is 7.10. The highest BCUT2D eigenvalue weighted by Gasteiger charge is 2.15. The smallest absolute Gasteiger partial charge is 0.260 e. The minimum absolute atomic E-state index is 0.115. The van der Waals surface area contributed by atoms with Gasteiger partial charge in [0.25, 0.3) is 5.91 Å². The lowest BCUT2D eigenvalue weighted by Crippen LogP contribution is -2.38. The molecule has 2 rings (SSSR count). The zero-order valence-electron chi connectivity index (χ0n) is 15.7. The van der Waals surface area contributed by atoms with Crippen molar-refractivity contribution in [3.05, 3.63) is 59.1 Å². The molecule has 5 heteroatoms. The molecule has 4 nitrogen and oxygen atoms in total. The molecule has 0 aromatic heterocycles. The van der Waals surface area contributed by atoms with Crippen LogP contribution in [-0.2, 0) is 10.2 Å². The monoisotopic (exact) mass is 375 g/mol. The first kappa shape index (κ1) is 20.1. The molecule has 2 aromatic carbocycles. The number of ether oxygens (including phenoxy) is 2. The van der Waals surface area contributed by atoms with Crippen molar-refractivity contribution < 1.29 is 14.3 Å². The molecule has 0 aliphatic rings. The van der Waals surface area contributed by atoms with Gasteiger partial charge in [-0.25, -0.2) is 0 Å². The Bertz CT molecular complexity index is 723. The lowest BCUT2D eigenvalue weighted by Gasteiger charge is -2.19. The molecule has 2 aromatic rings. The molecule has 0 saturated heterocycles. The van der Waals surface area contributed by atoms with Gasteiger partial charge in [0.1, 0.15) is 18.1 Å². The molecule has 1 atom stereocenters. The number of halogens is 1. The zero-order valence-corrected chi connectivity index (χ0v) is 16.5. The van der Waals surface area contributed by atoms with Gasteiger partial charge in [-0.3, -0.25) is 4.79 Å². The molecule has 1 amide bonds. The van der Waals surface area contributed by atoms with Crippen LogP contribution in [0.4, 0.5) is 0 Å². The molecule has 0 saturated carbocycles. The molecule has 0 unspecified atom stereocenters. The van der Waals surface area contributed by atoms with Crippen molar-refractivity contribution >= 4 is 17.5 Å². The minimum Gasteiger partial charge on any atom is -0.492 e. The Kier molecular flexibility index (Phi) is 6.92. The Morgan fingerprint density at radius 1 is 1.12 bits per heavy atom. The Morgan fingerprint density at radius 2 is 1.77 bits per heavy atom. The summed E-state index contributed by atoms with van der Waals surface area (Å²) in [5.74, 6) is 1.07. The van der Waals surface area contributed by atoms with E-state index in [4.69, 9.17) is 21.1 Å². The average molecular weight is 376 g/mol. The van der Waals surface area contributed by atoms with Gasteiger partial charge in [-0.2, -0.15) is 0 Å². The van der Waals surface area contributed by atoms with Gasteiger partial charge in [-0.05, 0) is 42.2 Å². The third kappa shape index (κ3) is 5.95. The van der Waals surface area contributed by atoms with Gasteiger partial charge in [0.15, 0.2) is 6.10 Å². The summed E-state index contributed by atoms with van der Waals surface area (Å²) in [4.78, 5) is 12.1. The molecular weight excluding hydrogens is 350 g/mol. The summed E-state index contributed by atoms with van der Waals surface area (Å²) >= 11 is 6.03. The molecule has 1 N–H and O–H groups in total. The lowest BCUT2D eigenvalue weighted by molar-refractivity contribution is -0.127. The van der Waals surface area contributed by atoms with Crippen LogP contribution in [0.3, 0.4) is 0 Å². The molecule has 0 aliphatic heterocycles. The lowest BCUT2D eigenvalue weighted by atomic mass is 9.87. The van der Waals surface area contributed by atoms with Crippen LogP contribution in [0, 0.1) is 0 Å². The van der Waals surface area contributed by atoms with Gasteiger partial charge in [-0.15, -0.1) is 0 Å². The number of carbonyl (C=O) groups excluding carboxylic acids is 1. The van der Waals surface area contributed by atoms with Crippen molar-refractivity contribution in [2.75, 3.05) is 13.2 Å². The van der Waals surface area contributed by atoms with Crippen LogP contribution in [0.25, 0.3) is 0 Å². The standard InChI is InChI=1S/C21H26ClNO3/c1-15(26-19-8-6-5-7-18(19)22)20(24)23-13-14-25-17-11-9-16(10-12-17)21(2,3)4/h5-12,15H,13-14H2,1-4H3,(H,23,24)/t15-/m1/s1. The van der Waals surface area contributed by atoms with Gasteiger partial charge in [0.05, 0.1) is 11.6 Å². The number of carbonyl (C=O) groups is 1. The van der Waals surface area contributed by atoms with Crippen LogP contribution in [0.15, 0.2) is 48.5 Å². The maximum Gasteiger partial charge on any atom is 0.260 e. The summed E-state index contributed by atoms with van der Waals surface area (Å²) in [5.41, 5.74) is 1.37. The molecule has 0 fully saturated rings. The van der Waals surface area contributed by atoms with Crippen molar-refractivity contribution in [2.45, 2.75) is 39.2 Å². The number of benzene rings is 2. The molecule has 0 bridgehead atoms. The van der Waals surface area contributed by atoms with E-state index in [1.54, 1.807) is 19.1 Å². The first-order chi connectivity index (χ1) is 12.3. The predicted molar refractivity (Wildman–Crippen MR) is 105 cm³/mol. The number of rotatable bonds is 7. The summed E-state index contributed by atoms with van der Waals surface area (Å²) in [6.45, 7) is 8.99. The van der Waals surface area contributed by atoms with E-state index in [9.17, 15) is 4.79 Å². The van der Waals surface area contributed by atoms with Gasteiger partial charge in [0, 0.05) is 0 Å². The van der Waals surface area contributed by atoms with E-state index in [2.05, 4.69) is 38.2 Å². The molecule has 0 heterocycles. The summed E-state index contributed by atoms with van der Waals surface area (Å²) in [6, 6.07) is 15.1. The van der Waals surface area contributed by atoms with E-state index < -0.39 is 6.10 Å². The normalized spacial score (nSPS) is 12.3. The number of hydrogen-bond acceptors (Lipinski definition) is 3. The van der Waals surface area contributed by atoms with Crippen molar-refractivity contribution in [1.82, 2.24) is 5.32 Å². The second-order valence-corrected chi connectivity index (χ2v) is 7.51. The van der Waals surface area contributed by atoms with E-state index >= 15 is 0 Å². The van der Waals surface area contributed by atoms with E-state index in [-0.39, 0.29) is 11.3 Å². The fourth-order valence-corrected chi connectivity index (χ4v) is 2.50. The minimum atomic E-state index is -0.638. The highest BCUT2D eigenvalue weighted by molar-refractivity contribution is 6.32. The van der Waals surface area contributed by atoms with Gasteiger partial charge < -0.3 is 14.8 Å². The van der Waals surface area contributed by atoms with Crippen LogP contribution in [0.2, 0.25) is 5.02 Å². The first-order valence-electron chi connectivity index (χ1n) is 8.69. The summed E-state index contributed by atoms with van der Waals surface area (Å²) in [5, 5.41) is 3.28. The third-order valence-electron chi connectivity index (χ3n) is 3.90. The highest BCUT2D eigenvalue weighted by atomic mass is 35.5. The van der Waals surface area contributed by atoms with E-state index in [1.807, 2.05) is 24.3 Å². The number of amides is 1. The maximum absolute atomic E-state index is 12.1. The van der Waals surface area contributed by atoms with Gasteiger partial charge >= 0.3 is 0 Å². The topological polar surface area (TPSA) is 47.6 Å². The fraction of sp³-hybridized carbons (Fsp3) is 0.381. The summed E-state index contributed by atoms with van der Waals surface area (Å²) in [6.07, 6.45) is -0.638. The summed E-state index contributed by atoms with van der Waals surface area (Å²) in [7, 11) is 0. The third-order valence-corrected chi connectivity index (χ3v) is 4.21. The van der Waals surface area contributed by atoms with Gasteiger partial charge in [0.2, 0.25) is 0 Å². The quantitative estimate of drug-likeness (QED) is 0.719. The Balaban J connectivity index is 1.73. The van der Waals surface area contributed by atoms with Crippen LogP contribution >= 0.6 is 11.6 Å². The van der Waals surface area contributed by atoms with E-state index in [0.717, 1.165) is 5.75 Å². The van der Waals surface area contributed by atoms with E-state index in [0.29, 0.717) is 23.9 Å². The summed E-state index contributed by atoms with van der Waals surface area (Å²) < 4.78 is 11.2. The molecular formula is C21H26ClNO3. The molecule has 26 heavy (non-hydrogen) atoms. The first-order valence-corrected chi connectivity index (χ1v) is 9.07. The van der Waals surface area contributed by atoms with Crippen molar-refractivity contribution in [2.24, 2.45) is 0 Å². The SMILES string of the molecule is C[C@@H](Oc1ccccc1Cl)C(=O)NCCOc1ccc(C(C)(C)C)cc1. The zero-order chi connectivity index (χ0) is 19.2. The predicted octanol–water partition coefficient (Wildman–Crippen LogP) is 4.60. The van der Waals surface area contributed by atoms with Crippen LogP contribution < -0.4 is 14.8 Å². The number of para-hydroxylation sites is 1. The molecule has 0 spiro atoms. The van der Waals surface area contributed by atoms with Crippen molar-refractivity contribution in [1.29, 1.82) is 0 Å². The van der Waals surface area contributed by atoms with Crippen LogP contribution in [-0.4, -0.2) is 25.2 Å². The fourth-order valence-electron chi connectivity index (χ4n) is 2.32. The molecule has 0 aliphatic carbocycles. The molecule has 140 valence electrons. The van der Waals surface area contributed by atoms with Crippen LogP contribution in [0.1, 0.15) is 33.3 Å². The van der Waals surface area contributed by atoms with E-state index in [1.165, 1.54) is 5.56 Å². The Hall–Kier alpha value is -2.20. The highest BCUT2D eigenvalue weighted by Crippen LogP contribution is 2.25. The number of hydrogen-bond donors (Lipinski definition) is 1. The second kappa shape index (κ2) is 8.95.